The van der Waals surface area contributed by atoms with Gasteiger partial charge in [-0.15, -0.1) is 0 Å². The number of ether oxygens (including phenoxy) is 1. The summed E-state index contributed by atoms with van der Waals surface area (Å²) in [6, 6.07) is 10.0. The Hall–Kier alpha value is -2.84. The number of rotatable bonds is 14. The summed E-state index contributed by atoms with van der Waals surface area (Å²) in [5.74, 6) is -0.554. The van der Waals surface area contributed by atoms with E-state index in [0.717, 1.165) is 61.9 Å². The van der Waals surface area contributed by atoms with Gasteiger partial charge in [0, 0.05) is 57.0 Å². The first kappa shape index (κ1) is 28.2. The van der Waals surface area contributed by atoms with Crippen LogP contribution in [0.3, 0.4) is 0 Å². The average Bonchev–Trinajstić information content (AvgIpc) is 3.62. The lowest BCUT2D eigenvalue weighted by Crippen LogP contribution is -2.45. The summed E-state index contributed by atoms with van der Waals surface area (Å²) in [6.45, 7) is 5.67. The minimum Gasteiger partial charge on any atom is -0.493 e. The van der Waals surface area contributed by atoms with Gasteiger partial charge in [0.05, 0.1) is 19.1 Å². The number of fused-ring (bicyclic) bond motifs is 1. The molecule has 4 rings (SSSR count). The molecular formula is C30H44N4O4. The van der Waals surface area contributed by atoms with Crippen molar-refractivity contribution < 1.29 is 19.4 Å². The lowest BCUT2D eigenvalue weighted by molar-refractivity contribution is -0.143. The molecule has 0 aliphatic carbocycles. The van der Waals surface area contributed by atoms with Crippen molar-refractivity contribution in [3.8, 4) is 5.75 Å². The second-order valence-corrected chi connectivity index (χ2v) is 10.8. The normalized spacial score (nSPS) is 20.9. The Balaban J connectivity index is 1.58. The van der Waals surface area contributed by atoms with Crippen LogP contribution >= 0.6 is 0 Å². The van der Waals surface area contributed by atoms with E-state index in [2.05, 4.69) is 28.5 Å². The summed E-state index contributed by atoms with van der Waals surface area (Å²) in [7, 11) is 2.02. The standard InChI is InChI=1S/C30H44N4O4/c1-3-4-16-33(17-6-5-14-31)28(35)21-34-20-25(22-9-12-27-23(19-22)13-18-38-27)29(30(36)37)26(34)11-10-24-8-7-15-32(24)2/h7-9,12,15,19,25-26,29H,3-6,10-11,13-14,16-18,20-21,31H2,1-2H3,(H,36,37)/t25-,26+,29-/m1/s1. The van der Waals surface area contributed by atoms with E-state index in [4.69, 9.17) is 10.5 Å². The van der Waals surface area contributed by atoms with Gasteiger partial charge in [-0.1, -0.05) is 25.5 Å². The number of carboxylic acid groups (broad SMARTS) is 1. The Morgan fingerprint density at radius 1 is 1.18 bits per heavy atom. The number of unbranched alkanes of at least 4 members (excludes halogenated alkanes) is 2. The molecule has 1 saturated heterocycles. The summed E-state index contributed by atoms with van der Waals surface area (Å²) in [6.07, 6.45) is 8.09. The highest BCUT2D eigenvalue weighted by molar-refractivity contribution is 5.79. The lowest BCUT2D eigenvalue weighted by Gasteiger charge is -2.30. The number of aromatic nitrogens is 1. The quantitative estimate of drug-likeness (QED) is 0.367. The van der Waals surface area contributed by atoms with Gasteiger partial charge in [0.15, 0.2) is 0 Å². The van der Waals surface area contributed by atoms with E-state index in [1.807, 2.05) is 36.3 Å². The van der Waals surface area contributed by atoms with Gasteiger partial charge in [-0.2, -0.15) is 0 Å². The van der Waals surface area contributed by atoms with E-state index in [1.165, 1.54) is 5.69 Å². The van der Waals surface area contributed by atoms with Crippen LogP contribution in [0, 0.1) is 5.92 Å². The number of aryl methyl sites for hydroxylation is 2. The van der Waals surface area contributed by atoms with Crippen molar-refractivity contribution in [1.82, 2.24) is 14.4 Å². The van der Waals surface area contributed by atoms with Crippen LogP contribution in [0.1, 0.15) is 61.8 Å². The van der Waals surface area contributed by atoms with E-state index >= 15 is 0 Å². The highest BCUT2D eigenvalue weighted by Gasteiger charge is 2.47. The van der Waals surface area contributed by atoms with Gasteiger partial charge < -0.3 is 25.0 Å². The van der Waals surface area contributed by atoms with Crippen LogP contribution in [0.4, 0.5) is 0 Å². The molecule has 0 unspecified atom stereocenters. The predicted octanol–water partition coefficient (Wildman–Crippen LogP) is 3.43. The van der Waals surface area contributed by atoms with E-state index in [0.29, 0.717) is 32.7 Å². The van der Waals surface area contributed by atoms with Crippen LogP contribution in [-0.2, 0) is 29.5 Å². The van der Waals surface area contributed by atoms with Crippen LogP contribution in [0.25, 0.3) is 0 Å². The zero-order valence-electron chi connectivity index (χ0n) is 23.0. The summed E-state index contributed by atoms with van der Waals surface area (Å²) >= 11 is 0. The molecule has 1 aromatic heterocycles. The molecule has 38 heavy (non-hydrogen) atoms. The molecule has 3 N–H and O–H groups in total. The van der Waals surface area contributed by atoms with Crippen molar-refractivity contribution >= 4 is 11.9 Å². The van der Waals surface area contributed by atoms with Crippen LogP contribution in [-0.4, -0.2) is 76.7 Å². The van der Waals surface area contributed by atoms with Gasteiger partial charge in [-0.3, -0.25) is 14.5 Å². The number of carbonyl (C=O) groups excluding carboxylic acids is 1. The van der Waals surface area contributed by atoms with E-state index in [9.17, 15) is 14.7 Å². The molecule has 0 bridgehead atoms. The van der Waals surface area contributed by atoms with Gasteiger partial charge in [0.1, 0.15) is 5.75 Å². The molecule has 2 aromatic rings. The third-order valence-corrected chi connectivity index (χ3v) is 8.28. The Labute approximate surface area is 226 Å². The molecule has 8 nitrogen and oxygen atoms in total. The van der Waals surface area contributed by atoms with E-state index in [1.54, 1.807) is 0 Å². The summed E-state index contributed by atoms with van der Waals surface area (Å²) in [5.41, 5.74) is 9.05. The first-order chi connectivity index (χ1) is 18.4. The Morgan fingerprint density at radius 2 is 2.00 bits per heavy atom. The second-order valence-electron chi connectivity index (χ2n) is 10.8. The van der Waals surface area contributed by atoms with Gasteiger partial charge in [0.25, 0.3) is 0 Å². The summed E-state index contributed by atoms with van der Waals surface area (Å²) < 4.78 is 7.77. The molecule has 2 aliphatic heterocycles. The van der Waals surface area contributed by atoms with Crippen molar-refractivity contribution in [3.63, 3.8) is 0 Å². The highest BCUT2D eigenvalue weighted by Crippen LogP contribution is 2.41. The monoisotopic (exact) mass is 524 g/mol. The van der Waals surface area contributed by atoms with Gasteiger partial charge >= 0.3 is 5.97 Å². The smallest absolute Gasteiger partial charge is 0.308 e. The van der Waals surface area contributed by atoms with Crippen LogP contribution in [0.5, 0.6) is 5.75 Å². The number of nitrogens with two attached hydrogens (primary N) is 1. The predicted molar refractivity (Wildman–Crippen MR) is 148 cm³/mol. The van der Waals surface area contributed by atoms with Crippen LogP contribution in [0.2, 0.25) is 0 Å². The van der Waals surface area contributed by atoms with Crippen LogP contribution < -0.4 is 10.5 Å². The fourth-order valence-electron chi connectivity index (χ4n) is 6.11. The molecule has 208 valence electrons. The maximum atomic E-state index is 13.6. The molecule has 0 radical (unpaired) electrons. The maximum absolute atomic E-state index is 13.6. The molecule has 2 aliphatic rings. The number of carboxylic acids is 1. The number of hydrogen-bond donors (Lipinski definition) is 2. The van der Waals surface area contributed by atoms with Crippen molar-refractivity contribution in [2.75, 3.05) is 39.3 Å². The molecule has 0 spiro atoms. The SMILES string of the molecule is CCCCN(CCCCN)C(=O)CN1C[C@H](c2ccc3c(c2)CCO3)[C@@H](C(=O)O)[C@@H]1CCc1cccn1C. The molecule has 3 heterocycles. The zero-order chi connectivity index (χ0) is 27.1. The number of carbonyl (C=O) groups is 2. The fraction of sp³-hybridized carbons (Fsp3) is 0.600. The molecule has 1 aromatic carbocycles. The number of likely N-dealkylation sites (tertiary alicyclic amines) is 1. The highest BCUT2D eigenvalue weighted by atomic mass is 16.5. The summed E-state index contributed by atoms with van der Waals surface area (Å²) in [4.78, 5) is 30.5. The fourth-order valence-corrected chi connectivity index (χ4v) is 6.11. The number of aliphatic carboxylic acids is 1. The van der Waals surface area contributed by atoms with Gasteiger partial charge in [-0.05, 0) is 68.0 Å². The first-order valence-electron chi connectivity index (χ1n) is 14.2. The minimum atomic E-state index is -0.788. The van der Waals surface area contributed by atoms with Crippen LogP contribution in [0.15, 0.2) is 36.5 Å². The number of hydrogen-bond acceptors (Lipinski definition) is 5. The van der Waals surface area contributed by atoms with Crippen molar-refractivity contribution in [1.29, 1.82) is 0 Å². The van der Waals surface area contributed by atoms with Crippen molar-refractivity contribution in [2.45, 2.75) is 63.8 Å². The van der Waals surface area contributed by atoms with E-state index in [-0.39, 0.29) is 24.4 Å². The third kappa shape index (κ3) is 6.59. The topological polar surface area (TPSA) is 101 Å². The van der Waals surface area contributed by atoms with E-state index < -0.39 is 11.9 Å². The Morgan fingerprint density at radius 3 is 2.71 bits per heavy atom. The minimum absolute atomic E-state index is 0.0893. The van der Waals surface area contributed by atoms with Gasteiger partial charge in [0.2, 0.25) is 5.91 Å². The molecule has 3 atom stereocenters. The molecule has 1 fully saturated rings. The Bertz CT molecular complexity index is 1080. The summed E-state index contributed by atoms with van der Waals surface area (Å²) in [5, 5.41) is 10.5. The second kappa shape index (κ2) is 13.3. The number of nitrogens with zero attached hydrogens (tertiary/aromatic N) is 3. The maximum Gasteiger partial charge on any atom is 0.308 e. The average molecular weight is 525 g/mol. The Kier molecular flexibility index (Phi) is 9.86. The first-order valence-corrected chi connectivity index (χ1v) is 14.2. The molecule has 8 heteroatoms. The molecular weight excluding hydrogens is 480 g/mol. The van der Waals surface area contributed by atoms with Crippen molar-refractivity contribution in [3.05, 3.63) is 53.3 Å². The number of amides is 1. The van der Waals surface area contributed by atoms with Gasteiger partial charge in [-0.25, -0.2) is 0 Å². The van der Waals surface area contributed by atoms with Crippen molar-refractivity contribution in [2.24, 2.45) is 18.7 Å². The molecule has 0 saturated carbocycles. The zero-order valence-corrected chi connectivity index (χ0v) is 23.0. The number of benzene rings is 1. The largest absolute Gasteiger partial charge is 0.493 e. The molecule has 1 amide bonds. The third-order valence-electron chi connectivity index (χ3n) is 8.28. The lowest BCUT2D eigenvalue weighted by atomic mass is 9.83.